The summed E-state index contributed by atoms with van der Waals surface area (Å²) in [5.74, 6) is 0.347. The maximum Gasteiger partial charge on any atom is 0.223 e. The lowest BCUT2D eigenvalue weighted by Crippen LogP contribution is -2.37. The second-order valence-corrected chi connectivity index (χ2v) is 8.07. The summed E-state index contributed by atoms with van der Waals surface area (Å²) in [7, 11) is 0. The molecule has 154 valence electrons. The number of hydrogen-bond acceptors (Lipinski definition) is 2. The number of carbonyl (C=O) groups is 2. The van der Waals surface area contributed by atoms with Gasteiger partial charge >= 0.3 is 0 Å². The highest BCUT2D eigenvalue weighted by molar-refractivity contribution is 5.81. The summed E-state index contributed by atoms with van der Waals surface area (Å²) in [5, 5.41) is 6.15. The smallest absolute Gasteiger partial charge is 0.223 e. The molecule has 0 bridgehead atoms. The lowest BCUT2D eigenvalue weighted by molar-refractivity contribution is -0.130. The van der Waals surface area contributed by atoms with Crippen LogP contribution in [-0.2, 0) is 22.6 Å². The Kier molecular flexibility index (Phi) is 7.85. The van der Waals surface area contributed by atoms with E-state index in [0.717, 1.165) is 44.1 Å². The minimum absolute atomic E-state index is 0.0288. The standard InChI is InChI=1S/C25H32N2O2/c1-19-8-5-6-12-23(19)18-27-25(29)22-15-13-21(14-16-22)24(28)26-17-7-11-20-9-3-2-4-10-20/h2-6,8-10,12,21-22H,7,11,13-18H2,1H3,(H,26,28)(H,27,29). The van der Waals surface area contributed by atoms with Gasteiger partial charge in [0, 0.05) is 24.9 Å². The Morgan fingerprint density at radius 3 is 2.07 bits per heavy atom. The molecule has 0 spiro atoms. The van der Waals surface area contributed by atoms with Gasteiger partial charge in [0.1, 0.15) is 0 Å². The topological polar surface area (TPSA) is 58.2 Å². The van der Waals surface area contributed by atoms with Crippen molar-refractivity contribution in [3.05, 3.63) is 71.3 Å². The Bertz CT molecular complexity index is 795. The number of rotatable bonds is 8. The molecule has 0 radical (unpaired) electrons. The van der Waals surface area contributed by atoms with Gasteiger partial charge in [-0.05, 0) is 62.1 Å². The Morgan fingerprint density at radius 1 is 0.828 bits per heavy atom. The first kappa shape index (κ1) is 21.1. The fourth-order valence-electron chi connectivity index (χ4n) is 4.05. The van der Waals surface area contributed by atoms with Gasteiger partial charge in [0.15, 0.2) is 0 Å². The fraction of sp³-hybridized carbons (Fsp3) is 0.440. The van der Waals surface area contributed by atoms with Crippen LogP contribution in [0.15, 0.2) is 54.6 Å². The molecule has 4 nitrogen and oxygen atoms in total. The molecule has 1 aliphatic carbocycles. The number of amides is 2. The molecule has 3 rings (SSSR count). The predicted octanol–water partition coefficient (Wildman–Crippen LogP) is 4.17. The molecule has 4 heteroatoms. The highest BCUT2D eigenvalue weighted by Gasteiger charge is 2.29. The third kappa shape index (κ3) is 6.45. The van der Waals surface area contributed by atoms with Gasteiger partial charge in [0.2, 0.25) is 11.8 Å². The van der Waals surface area contributed by atoms with E-state index in [1.165, 1.54) is 11.1 Å². The molecule has 1 saturated carbocycles. The average Bonchev–Trinajstić information content (AvgIpc) is 2.76. The van der Waals surface area contributed by atoms with Crippen LogP contribution in [0.4, 0.5) is 0 Å². The van der Waals surface area contributed by atoms with Gasteiger partial charge in [-0.3, -0.25) is 9.59 Å². The number of nitrogens with one attached hydrogen (secondary N) is 2. The van der Waals surface area contributed by atoms with E-state index in [2.05, 4.69) is 41.8 Å². The summed E-state index contributed by atoms with van der Waals surface area (Å²) in [6.45, 7) is 3.35. The van der Waals surface area contributed by atoms with E-state index < -0.39 is 0 Å². The number of hydrogen-bond donors (Lipinski definition) is 2. The Hall–Kier alpha value is -2.62. The zero-order chi connectivity index (χ0) is 20.5. The first-order chi connectivity index (χ1) is 14.1. The van der Waals surface area contributed by atoms with Crippen molar-refractivity contribution < 1.29 is 9.59 Å². The van der Waals surface area contributed by atoms with Gasteiger partial charge in [0.05, 0.1) is 0 Å². The molecule has 0 aliphatic heterocycles. The molecule has 0 heterocycles. The molecule has 2 aromatic rings. The van der Waals surface area contributed by atoms with Gasteiger partial charge in [0.25, 0.3) is 0 Å². The lowest BCUT2D eigenvalue weighted by Gasteiger charge is -2.27. The largest absolute Gasteiger partial charge is 0.356 e. The van der Waals surface area contributed by atoms with Crippen molar-refractivity contribution in [2.24, 2.45) is 11.8 Å². The van der Waals surface area contributed by atoms with Crippen molar-refractivity contribution >= 4 is 11.8 Å². The summed E-state index contributed by atoms with van der Waals surface area (Å²) >= 11 is 0. The molecular formula is C25H32N2O2. The molecule has 1 aliphatic rings. The van der Waals surface area contributed by atoms with Crippen molar-refractivity contribution in [2.75, 3.05) is 6.54 Å². The number of benzene rings is 2. The van der Waals surface area contributed by atoms with Crippen LogP contribution >= 0.6 is 0 Å². The zero-order valence-electron chi connectivity index (χ0n) is 17.3. The molecule has 2 aromatic carbocycles. The second-order valence-electron chi connectivity index (χ2n) is 8.07. The van der Waals surface area contributed by atoms with Crippen LogP contribution in [0, 0.1) is 18.8 Å². The zero-order valence-corrected chi connectivity index (χ0v) is 17.3. The van der Waals surface area contributed by atoms with Crippen molar-refractivity contribution in [1.29, 1.82) is 0 Å². The van der Waals surface area contributed by atoms with E-state index in [4.69, 9.17) is 0 Å². The van der Waals surface area contributed by atoms with Crippen LogP contribution in [0.2, 0.25) is 0 Å². The molecule has 0 unspecified atom stereocenters. The van der Waals surface area contributed by atoms with Crippen molar-refractivity contribution in [1.82, 2.24) is 10.6 Å². The fourth-order valence-corrected chi connectivity index (χ4v) is 4.05. The average molecular weight is 393 g/mol. The normalized spacial score (nSPS) is 18.8. The van der Waals surface area contributed by atoms with Crippen LogP contribution in [0.3, 0.4) is 0 Å². The van der Waals surface area contributed by atoms with Gasteiger partial charge < -0.3 is 10.6 Å². The van der Waals surface area contributed by atoms with Crippen molar-refractivity contribution in [3.8, 4) is 0 Å². The number of aryl methyl sites for hydroxylation is 2. The maximum atomic E-state index is 12.5. The molecule has 0 saturated heterocycles. The Labute approximate surface area is 174 Å². The van der Waals surface area contributed by atoms with Gasteiger partial charge in [-0.2, -0.15) is 0 Å². The van der Waals surface area contributed by atoms with E-state index >= 15 is 0 Å². The summed E-state index contributed by atoms with van der Waals surface area (Å²) in [6.07, 6.45) is 5.12. The highest BCUT2D eigenvalue weighted by Crippen LogP contribution is 2.29. The highest BCUT2D eigenvalue weighted by atomic mass is 16.2. The third-order valence-corrected chi connectivity index (χ3v) is 5.97. The molecule has 0 aromatic heterocycles. The molecule has 2 N–H and O–H groups in total. The first-order valence-electron chi connectivity index (χ1n) is 10.8. The minimum atomic E-state index is 0.0288. The lowest BCUT2D eigenvalue weighted by atomic mass is 9.81. The monoisotopic (exact) mass is 392 g/mol. The SMILES string of the molecule is Cc1ccccc1CNC(=O)C1CCC(C(=O)NCCCc2ccccc2)CC1. The van der Waals surface area contributed by atoms with Crippen LogP contribution in [0.1, 0.15) is 48.8 Å². The predicted molar refractivity (Wildman–Crippen MR) is 116 cm³/mol. The summed E-state index contributed by atoms with van der Waals surface area (Å²) in [5.41, 5.74) is 3.66. The quantitative estimate of drug-likeness (QED) is 0.663. The molecule has 0 atom stereocenters. The third-order valence-electron chi connectivity index (χ3n) is 5.97. The first-order valence-corrected chi connectivity index (χ1v) is 10.8. The van der Waals surface area contributed by atoms with Crippen LogP contribution < -0.4 is 10.6 Å². The second kappa shape index (κ2) is 10.8. The van der Waals surface area contributed by atoms with Crippen molar-refractivity contribution in [2.45, 2.75) is 52.0 Å². The summed E-state index contributed by atoms with van der Waals surface area (Å²) in [4.78, 5) is 24.9. The van der Waals surface area contributed by atoms with Gasteiger partial charge in [-0.1, -0.05) is 54.6 Å². The maximum absolute atomic E-state index is 12.5. The van der Waals surface area contributed by atoms with E-state index in [1.54, 1.807) is 0 Å². The van der Waals surface area contributed by atoms with Gasteiger partial charge in [-0.25, -0.2) is 0 Å². The van der Waals surface area contributed by atoms with E-state index in [0.29, 0.717) is 13.1 Å². The van der Waals surface area contributed by atoms with Crippen LogP contribution in [0.5, 0.6) is 0 Å². The van der Waals surface area contributed by atoms with Crippen LogP contribution in [0.25, 0.3) is 0 Å². The molecular weight excluding hydrogens is 360 g/mol. The van der Waals surface area contributed by atoms with E-state index in [-0.39, 0.29) is 23.7 Å². The van der Waals surface area contributed by atoms with E-state index in [1.807, 2.05) is 30.3 Å². The van der Waals surface area contributed by atoms with E-state index in [9.17, 15) is 9.59 Å². The molecule has 29 heavy (non-hydrogen) atoms. The van der Waals surface area contributed by atoms with Crippen LogP contribution in [-0.4, -0.2) is 18.4 Å². The summed E-state index contributed by atoms with van der Waals surface area (Å²) in [6, 6.07) is 18.5. The Balaban J connectivity index is 1.33. The molecule has 1 fully saturated rings. The summed E-state index contributed by atoms with van der Waals surface area (Å²) < 4.78 is 0. The van der Waals surface area contributed by atoms with Crippen molar-refractivity contribution in [3.63, 3.8) is 0 Å². The number of carbonyl (C=O) groups excluding carboxylic acids is 2. The minimum Gasteiger partial charge on any atom is -0.356 e. The Morgan fingerprint density at radius 2 is 1.41 bits per heavy atom. The van der Waals surface area contributed by atoms with Gasteiger partial charge in [-0.15, -0.1) is 0 Å². The molecule has 2 amide bonds.